The van der Waals surface area contributed by atoms with Crippen LogP contribution in [0.25, 0.3) is 0 Å². The van der Waals surface area contributed by atoms with Crippen LogP contribution in [-0.2, 0) is 7.05 Å². The fourth-order valence-corrected chi connectivity index (χ4v) is 2.31. The summed E-state index contributed by atoms with van der Waals surface area (Å²) in [5.74, 6) is 1.12. The first-order chi connectivity index (χ1) is 7.27. The van der Waals surface area contributed by atoms with Crippen molar-refractivity contribution in [1.29, 1.82) is 0 Å². The standard InChI is InChI=1S/C10H20N4S/c1-4-9(11-2)6-5-7-15-10-12-8-13-14(10)3/h8-9,11H,4-7H2,1-3H3. The Morgan fingerprint density at radius 2 is 2.40 bits per heavy atom. The smallest absolute Gasteiger partial charge is 0.185 e. The van der Waals surface area contributed by atoms with Gasteiger partial charge in [-0.05, 0) is 26.3 Å². The van der Waals surface area contributed by atoms with E-state index in [1.807, 2.05) is 18.8 Å². The quantitative estimate of drug-likeness (QED) is 0.569. The average molecular weight is 228 g/mol. The second-order valence-corrected chi connectivity index (χ2v) is 4.61. The van der Waals surface area contributed by atoms with Gasteiger partial charge in [0.05, 0.1) is 0 Å². The lowest BCUT2D eigenvalue weighted by Gasteiger charge is -2.12. The minimum atomic E-state index is 0.657. The van der Waals surface area contributed by atoms with Gasteiger partial charge in [-0.3, -0.25) is 0 Å². The number of rotatable bonds is 7. The van der Waals surface area contributed by atoms with Gasteiger partial charge in [-0.2, -0.15) is 5.10 Å². The van der Waals surface area contributed by atoms with Crippen LogP contribution in [0.15, 0.2) is 11.5 Å². The van der Waals surface area contributed by atoms with Gasteiger partial charge in [-0.15, -0.1) is 0 Å². The van der Waals surface area contributed by atoms with Crippen molar-refractivity contribution in [3.8, 4) is 0 Å². The molecule has 1 unspecified atom stereocenters. The van der Waals surface area contributed by atoms with Gasteiger partial charge in [0.15, 0.2) is 5.16 Å². The third kappa shape index (κ3) is 4.22. The summed E-state index contributed by atoms with van der Waals surface area (Å²) in [6.07, 6.45) is 5.25. The fourth-order valence-electron chi connectivity index (χ4n) is 1.46. The number of thioether (sulfide) groups is 1. The van der Waals surface area contributed by atoms with Crippen molar-refractivity contribution >= 4 is 11.8 Å². The Balaban J connectivity index is 2.14. The molecule has 0 aromatic carbocycles. The molecule has 1 aromatic rings. The molecule has 0 spiro atoms. The molecule has 0 saturated carbocycles. The normalized spacial score (nSPS) is 13.0. The molecule has 0 amide bonds. The Morgan fingerprint density at radius 3 is 2.93 bits per heavy atom. The number of aromatic nitrogens is 3. The van der Waals surface area contributed by atoms with Crippen molar-refractivity contribution in [3.05, 3.63) is 6.33 Å². The molecule has 1 heterocycles. The summed E-state index contributed by atoms with van der Waals surface area (Å²) >= 11 is 1.78. The Kier molecular flexibility index (Phi) is 5.71. The van der Waals surface area contributed by atoms with E-state index in [1.54, 1.807) is 18.1 Å². The van der Waals surface area contributed by atoms with Crippen LogP contribution in [-0.4, -0.2) is 33.6 Å². The summed E-state index contributed by atoms with van der Waals surface area (Å²) < 4.78 is 1.82. The molecule has 0 radical (unpaired) electrons. The molecule has 86 valence electrons. The van der Waals surface area contributed by atoms with Crippen molar-refractivity contribution in [2.24, 2.45) is 7.05 Å². The second kappa shape index (κ2) is 6.85. The molecule has 1 rings (SSSR count). The first-order valence-electron chi connectivity index (χ1n) is 5.42. The number of hydrogen-bond acceptors (Lipinski definition) is 4. The molecule has 1 aromatic heterocycles. The highest BCUT2D eigenvalue weighted by Gasteiger charge is 2.04. The highest BCUT2D eigenvalue weighted by Crippen LogP contribution is 2.15. The zero-order chi connectivity index (χ0) is 11.1. The van der Waals surface area contributed by atoms with Gasteiger partial charge in [0, 0.05) is 18.8 Å². The number of nitrogens with zero attached hydrogens (tertiary/aromatic N) is 3. The number of nitrogens with one attached hydrogen (secondary N) is 1. The van der Waals surface area contributed by atoms with Gasteiger partial charge in [0.1, 0.15) is 6.33 Å². The molecular weight excluding hydrogens is 208 g/mol. The molecular formula is C10H20N4S. The minimum absolute atomic E-state index is 0.657. The van der Waals surface area contributed by atoms with E-state index in [0.717, 1.165) is 10.9 Å². The van der Waals surface area contributed by atoms with Gasteiger partial charge >= 0.3 is 0 Å². The number of aryl methyl sites for hydroxylation is 1. The molecule has 0 aliphatic heterocycles. The van der Waals surface area contributed by atoms with Gasteiger partial charge in [-0.1, -0.05) is 18.7 Å². The van der Waals surface area contributed by atoms with Crippen LogP contribution in [0.1, 0.15) is 26.2 Å². The van der Waals surface area contributed by atoms with E-state index >= 15 is 0 Å². The molecule has 0 bridgehead atoms. The summed E-state index contributed by atoms with van der Waals surface area (Å²) in [6.45, 7) is 2.22. The lowest BCUT2D eigenvalue weighted by Crippen LogP contribution is -2.23. The number of hydrogen-bond donors (Lipinski definition) is 1. The van der Waals surface area contributed by atoms with E-state index < -0.39 is 0 Å². The predicted octanol–water partition coefficient (Wildman–Crippen LogP) is 1.69. The Labute approximate surface area is 95.9 Å². The molecule has 0 fully saturated rings. The topological polar surface area (TPSA) is 42.7 Å². The van der Waals surface area contributed by atoms with Crippen molar-refractivity contribution in [1.82, 2.24) is 20.1 Å². The second-order valence-electron chi connectivity index (χ2n) is 3.55. The van der Waals surface area contributed by atoms with Crippen LogP contribution >= 0.6 is 11.8 Å². The van der Waals surface area contributed by atoms with Gasteiger partial charge in [0.2, 0.25) is 0 Å². The van der Waals surface area contributed by atoms with E-state index in [2.05, 4.69) is 22.3 Å². The Morgan fingerprint density at radius 1 is 1.60 bits per heavy atom. The van der Waals surface area contributed by atoms with Crippen LogP contribution in [0, 0.1) is 0 Å². The zero-order valence-corrected chi connectivity index (χ0v) is 10.5. The van der Waals surface area contributed by atoms with Crippen LogP contribution in [0.2, 0.25) is 0 Å². The SMILES string of the molecule is CCC(CCCSc1ncnn1C)NC. The lowest BCUT2D eigenvalue weighted by atomic mass is 10.1. The summed E-state index contributed by atoms with van der Waals surface area (Å²) in [4.78, 5) is 4.17. The van der Waals surface area contributed by atoms with Crippen LogP contribution in [0.3, 0.4) is 0 Å². The highest BCUT2D eigenvalue weighted by molar-refractivity contribution is 7.99. The summed E-state index contributed by atoms with van der Waals surface area (Å²) in [6, 6.07) is 0.657. The van der Waals surface area contributed by atoms with Gasteiger partial charge < -0.3 is 5.32 Å². The first-order valence-corrected chi connectivity index (χ1v) is 6.40. The van der Waals surface area contributed by atoms with Crippen LogP contribution in [0.5, 0.6) is 0 Å². The molecule has 0 aliphatic rings. The molecule has 0 saturated heterocycles. The van der Waals surface area contributed by atoms with E-state index in [4.69, 9.17) is 0 Å². The Hall–Kier alpha value is -0.550. The summed E-state index contributed by atoms with van der Waals surface area (Å²) in [7, 11) is 3.96. The largest absolute Gasteiger partial charge is 0.317 e. The molecule has 1 atom stereocenters. The van der Waals surface area contributed by atoms with E-state index in [1.165, 1.54) is 19.3 Å². The molecule has 15 heavy (non-hydrogen) atoms. The van der Waals surface area contributed by atoms with E-state index in [0.29, 0.717) is 6.04 Å². The average Bonchev–Trinajstić information content (AvgIpc) is 2.65. The summed E-state index contributed by atoms with van der Waals surface area (Å²) in [5.41, 5.74) is 0. The van der Waals surface area contributed by atoms with E-state index in [9.17, 15) is 0 Å². The van der Waals surface area contributed by atoms with Gasteiger partial charge in [0.25, 0.3) is 0 Å². The third-order valence-electron chi connectivity index (χ3n) is 2.50. The fraction of sp³-hybridized carbons (Fsp3) is 0.800. The maximum Gasteiger partial charge on any atom is 0.185 e. The lowest BCUT2D eigenvalue weighted by molar-refractivity contribution is 0.504. The monoisotopic (exact) mass is 228 g/mol. The van der Waals surface area contributed by atoms with Gasteiger partial charge in [-0.25, -0.2) is 9.67 Å². The molecule has 4 nitrogen and oxygen atoms in total. The predicted molar refractivity (Wildman–Crippen MR) is 64.1 cm³/mol. The third-order valence-corrected chi connectivity index (χ3v) is 3.62. The minimum Gasteiger partial charge on any atom is -0.317 e. The van der Waals surface area contributed by atoms with Crippen molar-refractivity contribution in [2.75, 3.05) is 12.8 Å². The Bertz CT molecular complexity index is 270. The highest BCUT2D eigenvalue weighted by atomic mass is 32.2. The molecule has 1 N–H and O–H groups in total. The molecule has 0 aliphatic carbocycles. The first kappa shape index (κ1) is 12.5. The van der Waals surface area contributed by atoms with Crippen LogP contribution in [0.4, 0.5) is 0 Å². The summed E-state index contributed by atoms with van der Waals surface area (Å²) in [5, 5.41) is 8.36. The zero-order valence-electron chi connectivity index (χ0n) is 9.73. The maximum absolute atomic E-state index is 4.17. The van der Waals surface area contributed by atoms with Crippen molar-refractivity contribution in [2.45, 2.75) is 37.4 Å². The van der Waals surface area contributed by atoms with Crippen molar-refractivity contribution < 1.29 is 0 Å². The molecule has 5 heteroatoms. The van der Waals surface area contributed by atoms with Crippen molar-refractivity contribution in [3.63, 3.8) is 0 Å². The van der Waals surface area contributed by atoms with Crippen LogP contribution < -0.4 is 5.32 Å². The van der Waals surface area contributed by atoms with E-state index in [-0.39, 0.29) is 0 Å². The maximum atomic E-state index is 4.17.